The first-order valence-electron chi connectivity index (χ1n) is 12.7. The van der Waals surface area contributed by atoms with Crippen molar-refractivity contribution in [2.45, 2.75) is 44.9 Å². The highest BCUT2D eigenvalue weighted by Crippen LogP contribution is 2.46. The molecule has 0 aliphatic rings. The fourth-order valence-corrected chi connectivity index (χ4v) is 5.63. The molecule has 0 radical (unpaired) electrons. The summed E-state index contributed by atoms with van der Waals surface area (Å²) in [4.78, 5) is 15.2. The van der Waals surface area contributed by atoms with Gasteiger partial charge in [0.1, 0.15) is 5.41 Å². The van der Waals surface area contributed by atoms with Crippen LogP contribution in [0.15, 0.2) is 103 Å². The van der Waals surface area contributed by atoms with Crippen molar-refractivity contribution in [2.24, 2.45) is 5.14 Å². The molecule has 6 heteroatoms. The Morgan fingerprint density at radius 3 is 1.45 bits per heavy atom. The topological polar surface area (TPSA) is 86.5 Å². The molecule has 0 saturated heterocycles. The van der Waals surface area contributed by atoms with Crippen LogP contribution in [0.2, 0.25) is 0 Å². The average Bonchev–Trinajstić information content (AvgIpc) is 2.89. The fraction of sp³-hybridized carbons (Fsp3) is 0.219. The van der Waals surface area contributed by atoms with Crippen LogP contribution < -0.4 is 9.32 Å². The molecule has 4 aromatic carbocycles. The molecule has 0 amide bonds. The van der Waals surface area contributed by atoms with E-state index in [9.17, 15) is 8.42 Å². The van der Waals surface area contributed by atoms with Gasteiger partial charge in [0.05, 0.1) is 0 Å². The van der Waals surface area contributed by atoms with Gasteiger partial charge in [-0.1, -0.05) is 131 Å². The predicted octanol–water partition coefficient (Wildman–Crippen LogP) is 6.73. The normalized spacial score (nSPS) is 12.1. The van der Waals surface area contributed by atoms with E-state index in [2.05, 4.69) is 0 Å². The van der Waals surface area contributed by atoms with Crippen LogP contribution in [0.25, 0.3) is 0 Å². The third kappa shape index (κ3) is 5.15. The first-order chi connectivity index (χ1) is 18.1. The van der Waals surface area contributed by atoms with Gasteiger partial charge in [-0.2, -0.15) is 13.6 Å². The Kier molecular flexibility index (Phi) is 7.86. The Balaban J connectivity index is 2.14. The minimum absolute atomic E-state index is 0.0597. The van der Waals surface area contributed by atoms with Gasteiger partial charge in [0, 0.05) is 11.1 Å². The van der Waals surface area contributed by atoms with Crippen molar-refractivity contribution in [1.29, 1.82) is 0 Å². The van der Waals surface area contributed by atoms with Crippen molar-refractivity contribution in [3.63, 3.8) is 0 Å². The predicted molar refractivity (Wildman–Crippen MR) is 152 cm³/mol. The number of carbonyl (C=O) groups excluding carboxylic acids is 1. The molecule has 4 aromatic rings. The Morgan fingerprint density at radius 1 is 0.684 bits per heavy atom. The first kappa shape index (κ1) is 27.3. The minimum Gasteiger partial charge on any atom is -0.370 e. The highest BCUT2D eigenvalue weighted by molar-refractivity contribution is 7.84. The molecule has 0 aliphatic carbocycles. The summed E-state index contributed by atoms with van der Waals surface area (Å²) >= 11 is 0. The molecule has 196 valence electrons. The number of hydrogen-bond donors (Lipinski definition) is 1. The van der Waals surface area contributed by atoms with E-state index < -0.39 is 15.7 Å². The van der Waals surface area contributed by atoms with Crippen molar-refractivity contribution in [2.75, 3.05) is 0 Å². The molecule has 0 heterocycles. The number of nitrogens with two attached hydrogens (primary N) is 1. The fourth-order valence-electron chi connectivity index (χ4n) is 5.21. The number of carbonyl (C=O) groups is 1. The lowest BCUT2D eigenvalue weighted by atomic mass is 9.64. The summed E-state index contributed by atoms with van der Waals surface area (Å²) in [5, 5.41) is 5.36. The molecule has 5 nitrogen and oxygen atoms in total. The molecule has 4 rings (SSSR count). The first-order valence-corrected chi connectivity index (χ1v) is 14.1. The van der Waals surface area contributed by atoms with E-state index in [0.29, 0.717) is 16.7 Å². The van der Waals surface area contributed by atoms with Gasteiger partial charge in [-0.25, -0.2) is 0 Å². The molecule has 0 bridgehead atoms. The Bertz CT molecular complexity index is 1420. The zero-order valence-corrected chi connectivity index (χ0v) is 22.9. The van der Waals surface area contributed by atoms with E-state index in [4.69, 9.17) is 9.32 Å². The summed E-state index contributed by atoms with van der Waals surface area (Å²) in [6.07, 6.45) is 0. The third-order valence-corrected chi connectivity index (χ3v) is 7.23. The van der Waals surface area contributed by atoms with Crippen molar-refractivity contribution in [3.8, 4) is 5.75 Å². The summed E-state index contributed by atoms with van der Waals surface area (Å²) < 4.78 is 29.7. The highest BCUT2D eigenvalue weighted by Gasteiger charge is 2.45. The number of ketones is 1. The molecule has 2 N–H and O–H groups in total. The van der Waals surface area contributed by atoms with Gasteiger partial charge < -0.3 is 4.18 Å². The zero-order chi connectivity index (χ0) is 27.5. The largest absolute Gasteiger partial charge is 0.380 e. The van der Waals surface area contributed by atoms with Gasteiger partial charge in [0.2, 0.25) is 0 Å². The second kappa shape index (κ2) is 10.9. The standard InChI is InChI=1S/C32H33NO4S/c1-22(2)27-20-21-28(29(23(3)4)30(27)37-38(33,35)36)31(34)32(24-14-8-5-9-15-24,25-16-10-6-11-17-25)26-18-12-7-13-19-26/h5-23H,1-4H3,(H2,33,35,36). The van der Waals surface area contributed by atoms with Gasteiger partial charge in [0.15, 0.2) is 11.5 Å². The second-order valence-corrected chi connectivity index (χ2v) is 11.2. The van der Waals surface area contributed by atoms with Gasteiger partial charge in [-0.05, 0) is 34.1 Å². The van der Waals surface area contributed by atoms with Crippen LogP contribution in [0.3, 0.4) is 0 Å². The van der Waals surface area contributed by atoms with Crippen LogP contribution in [0.4, 0.5) is 0 Å². The van der Waals surface area contributed by atoms with E-state index in [1.165, 1.54) is 0 Å². The van der Waals surface area contributed by atoms with Crippen molar-refractivity contribution in [3.05, 3.63) is 137 Å². The number of Topliss-reactive ketones (excluding diaryl/α,β-unsaturated/α-hetero) is 1. The molecule has 0 unspecified atom stereocenters. The molecule has 0 atom stereocenters. The second-order valence-electron chi connectivity index (χ2n) is 10.0. The van der Waals surface area contributed by atoms with E-state index >= 15 is 4.79 Å². The molecule has 0 spiro atoms. The zero-order valence-electron chi connectivity index (χ0n) is 22.1. The average molecular weight is 528 g/mol. The van der Waals surface area contributed by atoms with Crippen LogP contribution in [0.1, 0.15) is 77.7 Å². The SMILES string of the molecule is CC(C)c1ccc(C(=O)C(c2ccccc2)(c2ccccc2)c2ccccc2)c(C(C)C)c1OS(N)(=O)=O. The molecular formula is C32H33NO4S. The summed E-state index contributed by atoms with van der Waals surface area (Å²) in [6.45, 7) is 7.72. The van der Waals surface area contributed by atoms with Crippen LogP contribution in [-0.2, 0) is 15.7 Å². The summed E-state index contributed by atoms with van der Waals surface area (Å²) in [5.41, 5.74) is 2.79. The van der Waals surface area contributed by atoms with E-state index in [0.717, 1.165) is 16.7 Å². The maximum absolute atomic E-state index is 15.2. The van der Waals surface area contributed by atoms with Crippen LogP contribution in [-0.4, -0.2) is 14.2 Å². The number of hydrogen-bond acceptors (Lipinski definition) is 4. The van der Waals surface area contributed by atoms with E-state index in [-0.39, 0.29) is 23.4 Å². The monoisotopic (exact) mass is 527 g/mol. The molecule has 0 aliphatic heterocycles. The lowest BCUT2D eigenvalue weighted by Gasteiger charge is -2.36. The maximum atomic E-state index is 15.2. The quantitative estimate of drug-likeness (QED) is 0.193. The van der Waals surface area contributed by atoms with Crippen LogP contribution >= 0.6 is 0 Å². The smallest absolute Gasteiger partial charge is 0.370 e. The van der Waals surface area contributed by atoms with Crippen molar-refractivity contribution in [1.82, 2.24) is 0 Å². The van der Waals surface area contributed by atoms with Crippen molar-refractivity contribution < 1.29 is 17.4 Å². The van der Waals surface area contributed by atoms with Gasteiger partial charge in [-0.15, -0.1) is 0 Å². The lowest BCUT2D eigenvalue weighted by molar-refractivity contribution is 0.0933. The Morgan fingerprint density at radius 2 is 1.11 bits per heavy atom. The third-order valence-electron chi connectivity index (χ3n) is 6.83. The molecule has 0 saturated carbocycles. The molecule has 38 heavy (non-hydrogen) atoms. The van der Waals surface area contributed by atoms with Gasteiger partial charge >= 0.3 is 10.3 Å². The summed E-state index contributed by atoms with van der Waals surface area (Å²) in [6, 6.07) is 32.6. The molecular weight excluding hydrogens is 494 g/mol. The summed E-state index contributed by atoms with van der Waals surface area (Å²) in [7, 11) is -4.33. The lowest BCUT2D eigenvalue weighted by Crippen LogP contribution is -2.39. The van der Waals surface area contributed by atoms with Gasteiger partial charge in [0.25, 0.3) is 0 Å². The molecule has 0 aromatic heterocycles. The van der Waals surface area contributed by atoms with E-state index in [1.807, 2.05) is 119 Å². The van der Waals surface area contributed by atoms with Gasteiger partial charge in [-0.3, -0.25) is 4.79 Å². The maximum Gasteiger partial charge on any atom is 0.380 e. The highest BCUT2D eigenvalue weighted by atomic mass is 32.2. The Labute approximate surface area is 225 Å². The number of benzene rings is 4. The molecule has 0 fully saturated rings. The summed E-state index contributed by atoms with van der Waals surface area (Å²) in [5.74, 6) is -0.342. The van der Waals surface area contributed by atoms with Crippen LogP contribution in [0, 0.1) is 0 Å². The number of rotatable bonds is 9. The van der Waals surface area contributed by atoms with E-state index in [1.54, 1.807) is 12.1 Å². The van der Waals surface area contributed by atoms with Crippen LogP contribution in [0.5, 0.6) is 5.75 Å². The Hall–Kier alpha value is -3.74. The minimum atomic E-state index is -4.33. The van der Waals surface area contributed by atoms with Crippen molar-refractivity contribution >= 4 is 16.1 Å².